The van der Waals surface area contributed by atoms with Crippen LogP contribution in [0, 0.1) is 0 Å². The van der Waals surface area contributed by atoms with Crippen molar-refractivity contribution in [1.82, 2.24) is 0 Å². The van der Waals surface area contributed by atoms with Gasteiger partial charge in [0.05, 0.1) is 5.41 Å². The number of hydrogen-bond donors (Lipinski definition) is 0. The summed E-state index contributed by atoms with van der Waals surface area (Å²) in [6.45, 7) is 15.6. The molecule has 0 amide bonds. The quantitative estimate of drug-likeness (QED) is 0.399. The van der Waals surface area contributed by atoms with Crippen molar-refractivity contribution in [2.75, 3.05) is 0 Å². The summed E-state index contributed by atoms with van der Waals surface area (Å²) in [5, 5.41) is 0. The summed E-state index contributed by atoms with van der Waals surface area (Å²) in [5.74, 6) is 0.963. The fraction of sp³-hybridized carbons (Fsp3) is 0.250. The molecule has 0 saturated heterocycles. The van der Waals surface area contributed by atoms with E-state index >= 15 is 0 Å². The lowest BCUT2D eigenvalue weighted by atomic mass is 9.69. The first-order chi connectivity index (χ1) is 15.4. The Kier molecular flexibility index (Phi) is 4.86. The van der Waals surface area contributed by atoms with Gasteiger partial charge in [-0.3, -0.25) is 0 Å². The number of allylic oxidation sites excluding steroid dienone is 5. The molecule has 0 heteroatoms. The molecule has 0 heterocycles. The lowest BCUT2D eigenvalue weighted by molar-refractivity contribution is 0.771. The Balaban J connectivity index is 1.99. The van der Waals surface area contributed by atoms with Crippen LogP contribution in [-0.2, 0) is 5.41 Å². The lowest BCUT2D eigenvalue weighted by Crippen LogP contribution is -2.27. The zero-order valence-electron chi connectivity index (χ0n) is 19.9. The molecule has 0 aromatic heterocycles. The van der Waals surface area contributed by atoms with Crippen molar-refractivity contribution in [2.45, 2.75) is 51.9 Å². The Morgan fingerprint density at radius 1 is 0.719 bits per heavy atom. The Labute approximate surface area is 193 Å². The maximum Gasteiger partial charge on any atom is 0.0725 e. The molecular weight excluding hydrogens is 384 g/mol. The number of hydrogen-bond acceptors (Lipinski definition) is 0. The Bertz CT molecular complexity index is 1240. The van der Waals surface area contributed by atoms with Crippen LogP contribution >= 0.6 is 0 Å². The van der Waals surface area contributed by atoms with Crippen molar-refractivity contribution in [3.63, 3.8) is 0 Å². The van der Waals surface area contributed by atoms with Crippen molar-refractivity contribution in [3.8, 4) is 11.1 Å². The van der Waals surface area contributed by atoms with Crippen molar-refractivity contribution in [2.24, 2.45) is 0 Å². The third kappa shape index (κ3) is 2.62. The number of fused-ring (bicyclic) bond motifs is 7. The van der Waals surface area contributed by atoms with Crippen LogP contribution in [0.2, 0.25) is 0 Å². The van der Waals surface area contributed by atoms with Crippen molar-refractivity contribution < 1.29 is 0 Å². The largest absolute Gasteiger partial charge is 0.0987 e. The van der Waals surface area contributed by atoms with Crippen molar-refractivity contribution >= 4 is 5.57 Å². The molecule has 160 valence electrons. The van der Waals surface area contributed by atoms with E-state index in [-0.39, 0.29) is 5.41 Å². The smallest absolute Gasteiger partial charge is 0.0725 e. The average molecular weight is 417 g/mol. The molecule has 0 fully saturated rings. The van der Waals surface area contributed by atoms with Gasteiger partial charge in [-0.25, -0.2) is 0 Å². The van der Waals surface area contributed by atoms with Gasteiger partial charge in [-0.2, -0.15) is 0 Å². The van der Waals surface area contributed by atoms with Crippen LogP contribution < -0.4 is 0 Å². The predicted octanol–water partition coefficient (Wildman–Crippen LogP) is 8.78. The number of benzene rings is 3. The van der Waals surface area contributed by atoms with E-state index in [4.69, 9.17) is 0 Å². The highest BCUT2D eigenvalue weighted by Gasteiger charge is 2.51. The highest BCUT2D eigenvalue weighted by Crippen LogP contribution is 2.62. The summed E-state index contributed by atoms with van der Waals surface area (Å²) in [4.78, 5) is 0. The summed E-state index contributed by atoms with van der Waals surface area (Å²) in [6, 6.07) is 23.2. The van der Waals surface area contributed by atoms with Crippen LogP contribution in [0.3, 0.4) is 0 Å². The van der Waals surface area contributed by atoms with Gasteiger partial charge in [0.25, 0.3) is 0 Å². The Morgan fingerprint density at radius 2 is 1.28 bits per heavy atom. The van der Waals surface area contributed by atoms with E-state index in [0.717, 1.165) is 0 Å². The molecule has 0 bridgehead atoms. The fourth-order valence-electron chi connectivity index (χ4n) is 5.80. The first-order valence-corrected chi connectivity index (χ1v) is 11.8. The van der Waals surface area contributed by atoms with E-state index in [1.54, 1.807) is 0 Å². The Hall–Kier alpha value is -3.12. The molecule has 0 radical (unpaired) electrons. The van der Waals surface area contributed by atoms with Crippen LogP contribution in [-0.4, -0.2) is 0 Å². The molecule has 0 nitrogen and oxygen atoms in total. The summed E-state index contributed by atoms with van der Waals surface area (Å²) in [6.07, 6.45) is 6.53. The Morgan fingerprint density at radius 3 is 1.78 bits per heavy atom. The van der Waals surface area contributed by atoms with Crippen LogP contribution in [0.25, 0.3) is 16.7 Å². The molecule has 0 N–H and O–H groups in total. The second-order valence-electron chi connectivity index (χ2n) is 9.75. The SMILES string of the molecule is C=CC1=C(/C=C\C)c2ccccc2C12c1cc(C(C)C)ccc1-c1ccc(C(C)C)cc12. The van der Waals surface area contributed by atoms with E-state index in [1.165, 1.54) is 55.7 Å². The molecule has 1 spiro atoms. The van der Waals surface area contributed by atoms with Crippen LogP contribution in [0.4, 0.5) is 0 Å². The third-order valence-corrected chi connectivity index (χ3v) is 7.37. The van der Waals surface area contributed by atoms with E-state index in [0.29, 0.717) is 11.8 Å². The predicted molar refractivity (Wildman–Crippen MR) is 138 cm³/mol. The van der Waals surface area contributed by atoms with Crippen LogP contribution in [0.15, 0.2) is 91.0 Å². The molecule has 2 aliphatic rings. The highest BCUT2D eigenvalue weighted by atomic mass is 14.5. The van der Waals surface area contributed by atoms with Gasteiger partial charge >= 0.3 is 0 Å². The topological polar surface area (TPSA) is 0 Å². The maximum absolute atomic E-state index is 4.35. The van der Waals surface area contributed by atoms with Crippen molar-refractivity contribution in [1.29, 1.82) is 0 Å². The summed E-state index contributed by atoms with van der Waals surface area (Å²) < 4.78 is 0. The van der Waals surface area contributed by atoms with Crippen LogP contribution in [0.1, 0.15) is 79.8 Å². The normalized spacial score (nSPS) is 15.7. The molecular formula is C32H32. The first-order valence-electron chi connectivity index (χ1n) is 11.8. The van der Waals surface area contributed by atoms with Gasteiger partial charge in [0.1, 0.15) is 0 Å². The summed E-state index contributed by atoms with van der Waals surface area (Å²) in [5.41, 5.74) is 13.3. The summed E-state index contributed by atoms with van der Waals surface area (Å²) >= 11 is 0. The summed E-state index contributed by atoms with van der Waals surface area (Å²) in [7, 11) is 0. The average Bonchev–Trinajstić information content (AvgIpc) is 3.24. The molecule has 32 heavy (non-hydrogen) atoms. The zero-order valence-corrected chi connectivity index (χ0v) is 19.9. The maximum atomic E-state index is 4.35. The minimum absolute atomic E-state index is 0.312. The molecule has 0 aliphatic heterocycles. The minimum atomic E-state index is -0.312. The van der Waals surface area contributed by atoms with Gasteiger partial charge in [-0.15, -0.1) is 0 Å². The highest BCUT2D eigenvalue weighted by molar-refractivity contribution is 5.98. The van der Waals surface area contributed by atoms with Gasteiger partial charge in [-0.1, -0.05) is 113 Å². The molecule has 3 aromatic rings. The first kappa shape index (κ1) is 20.8. The molecule has 3 aromatic carbocycles. The van der Waals surface area contributed by atoms with Gasteiger partial charge in [0.2, 0.25) is 0 Å². The van der Waals surface area contributed by atoms with Crippen LogP contribution in [0.5, 0.6) is 0 Å². The molecule has 0 atom stereocenters. The molecule has 5 rings (SSSR count). The standard InChI is InChI=1S/C32H32/c1-7-11-24-25-12-9-10-13-29(25)32(28(24)8-2)30-18-22(20(3)4)14-16-26(30)27-17-15-23(21(5)6)19-31(27)32/h7-21H,2H2,1,3-6H3/b11-7-. The van der Waals surface area contributed by atoms with Gasteiger partial charge in [0.15, 0.2) is 0 Å². The monoisotopic (exact) mass is 416 g/mol. The second-order valence-corrected chi connectivity index (χ2v) is 9.75. The lowest BCUT2D eigenvalue weighted by Gasteiger charge is -2.32. The van der Waals surface area contributed by atoms with Crippen molar-refractivity contribution in [3.05, 3.63) is 124 Å². The minimum Gasteiger partial charge on any atom is -0.0987 e. The van der Waals surface area contributed by atoms with Gasteiger partial charge in [-0.05, 0) is 74.4 Å². The van der Waals surface area contributed by atoms with Gasteiger partial charge < -0.3 is 0 Å². The van der Waals surface area contributed by atoms with E-state index in [2.05, 4.69) is 120 Å². The van der Waals surface area contributed by atoms with Gasteiger partial charge in [0, 0.05) is 0 Å². The molecule has 0 unspecified atom stereocenters. The molecule has 0 saturated carbocycles. The third-order valence-electron chi connectivity index (χ3n) is 7.37. The fourth-order valence-corrected chi connectivity index (χ4v) is 5.80. The zero-order chi connectivity index (χ0) is 22.6. The van der Waals surface area contributed by atoms with E-state index in [9.17, 15) is 0 Å². The molecule has 2 aliphatic carbocycles. The second kappa shape index (κ2) is 7.48. The van der Waals surface area contributed by atoms with E-state index < -0.39 is 0 Å². The number of rotatable bonds is 4. The van der Waals surface area contributed by atoms with E-state index in [1.807, 2.05) is 0 Å².